The average molecular weight is 278 g/mol. The lowest BCUT2D eigenvalue weighted by Gasteiger charge is -2.07. The van der Waals surface area contributed by atoms with Crippen molar-refractivity contribution in [3.05, 3.63) is 24.3 Å². The molecule has 1 aliphatic carbocycles. The lowest BCUT2D eigenvalue weighted by atomic mass is 10.3. The molecule has 0 atom stereocenters. The molecule has 0 radical (unpaired) electrons. The van der Waals surface area contributed by atoms with Crippen molar-refractivity contribution in [1.82, 2.24) is 4.72 Å². The van der Waals surface area contributed by atoms with Gasteiger partial charge in [-0.1, -0.05) is 0 Å². The molecule has 1 saturated carbocycles. The molecular weight excluding hydrogens is 260 g/mol. The Morgan fingerprint density at radius 2 is 1.95 bits per heavy atom. The van der Waals surface area contributed by atoms with Crippen LogP contribution in [0, 0.1) is 11.8 Å². The van der Waals surface area contributed by atoms with E-state index >= 15 is 0 Å². The second-order valence-corrected chi connectivity index (χ2v) is 6.24. The summed E-state index contributed by atoms with van der Waals surface area (Å²) in [4.78, 5) is 0.318. The Hall–Kier alpha value is -1.51. The molecule has 2 rings (SSSR count). The zero-order valence-corrected chi connectivity index (χ0v) is 11.8. The molecule has 102 valence electrons. The van der Waals surface area contributed by atoms with Gasteiger partial charge in [0.1, 0.15) is 0 Å². The molecule has 1 aromatic rings. The number of benzene rings is 1. The molecule has 0 amide bonds. The molecule has 0 bridgehead atoms. The van der Waals surface area contributed by atoms with Gasteiger partial charge in [0, 0.05) is 24.7 Å². The standard InChI is InChI=1S/C14H18N2O2S/c1-2-3-4-11-15-12-7-9-14(10-8-12)19(17,18)16-13-5-6-13/h7-10,13,15-16H,4-6,11H2,1H3. The third-order valence-corrected chi connectivity index (χ3v) is 4.36. The Bertz CT molecular complexity index is 578. The Morgan fingerprint density at radius 3 is 2.53 bits per heavy atom. The smallest absolute Gasteiger partial charge is 0.240 e. The number of hydrogen-bond donors (Lipinski definition) is 2. The van der Waals surface area contributed by atoms with Crippen LogP contribution in [0.1, 0.15) is 26.2 Å². The van der Waals surface area contributed by atoms with E-state index in [1.54, 1.807) is 24.3 Å². The minimum Gasteiger partial charge on any atom is -0.384 e. The van der Waals surface area contributed by atoms with Crippen LogP contribution < -0.4 is 10.0 Å². The van der Waals surface area contributed by atoms with E-state index in [2.05, 4.69) is 21.9 Å². The largest absolute Gasteiger partial charge is 0.384 e. The summed E-state index contributed by atoms with van der Waals surface area (Å²) in [5.41, 5.74) is 0.906. The van der Waals surface area contributed by atoms with Crippen molar-refractivity contribution in [2.45, 2.75) is 37.1 Å². The van der Waals surface area contributed by atoms with Crippen LogP contribution in [0.5, 0.6) is 0 Å². The van der Waals surface area contributed by atoms with Crippen molar-refractivity contribution in [3.8, 4) is 11.8 Å². The van der Waals surface area contributed by atoms with Crippen molar-refractivity contribution in [2.75, 3.05) is 11.9 Å². The van der Waals surface area contributed by atoms with E-state index in [0.29, 0.717) is 4.90 Å². The topological polar surface area (TPSA) is 58.2 Å². The van der Waals surface area contributed by atoms with Crippen LogP contribution in [0.15, 0.2) is 29.2 Å². The van der Waals surface area contributed by atoms with Gasteiger partial charge in [0.05, 0.1) is 4.90 Å². The van der Waals surface area contributed by atoms with E-state index in [1.165, 1.54) is 0 Å². The molecule has 0 aliphatic heterocycles. The lowest BCUT2D eigenvalue weighted by Crippen LogP contribution is -2.25. The van der Waals surface area contributed by atoms with Gasteiger partial charge in [-0.05, 0) is 44.0 Å². The molecule has 1 aliphatic rings. The van der Waals surface area contributed by atoms with Gasteiger partial charge in [0.2, 0.25) is 10.0 Å². The first-order chi connectivity index (χ1) is 9.12. The van der Waals surface area contributed by atoms with E-state index in [-0.39, 0.29) is 6.04 Å². The highest BCUT2D eigenvalue weighted by molar-refractivity contribution is 7.89. The molecule has 19 heavy (non-hydrogen) atoms. The quantitative estimate of drug-likeness (QED) is 0.618. The zero-order chi connectivity index (χ0) is 13.7. The normalized spacial score (nSPS) is 14.6. The summed E-state index contributed by atoms with van der Waals surface area (Å²) in [5.74, 6) is 5.79. The number of anilines is 1. The van der Waals surface area contributed by atoms with Crippen LogP contribution in [-0.4, -0.2) is 21.0 Å². The van der Waals surface area contributed by atoms with Gasteiger partial charge in [0.25, 0.3) is 0 Å². The van der Waals surface area contributed by atoms with Crippen LogP contribution in [0.3, 0.4) is 0 Å². The van der Waals surface area contributed by atoms with Crippen LogP contribution in [0.2, 0.25) is 0 Å². The third kappa shape index (κ3) is 4.27. The van der Waals surface area contributed by atoms with Gasteiger partial charge in [-0.15, -0.1) is 11.8 Å². The molecule has 5 heteroatoms. The first-order valence-electron chi connectivity index (χ1n) is 6.38. The van der Waals surface area contributed by atoms with Gasteiger partial charge in [0.15, 0.2) is 0 Å². The predicted molar refractivity (Wildman–Crippen MR) is 76.3 cm³/mol. The first kappa shape index (κ1) is 13.9. The summed E-state index contributed by atoms with van der Waals surface area (Å²) >= 11 is 0. The number of nitrogens with one attached hydrogen (secondary N) is 2. The molecule has 0 unspecified atom stereocenters. The molecule has 4 nitrogen and oxygen atoms in total. The minimum absolute atomic E-state index is 0.135. The monoisotopic (exact) mass is 278 g/mol. The maximum Gasteiger partial charge on any atom is 0.240 e. The minimum atomic E-state index is -3.34. The van der Waals surface area contributed by atoms with Crippen molar-refractivity contribution < 1.29 is 8.42 Å². The lowest BCUT2D eigenvalue weighted by molar-refractivity contribution is 0.581. The van der Waals surface area contributed by atoms with Crippen LogP contribution in [0.4, 0.5) is 5.69 Å². The summed E-state index contributed by atoms with van der Waals surface area (Å²) < 4.78 is 26.5. The van der Waals surface area contributed by atoms with E-state index in [4.69, 9.17) is 0 Å². The SMILES string of the molecule is CC#CCCNc1ccc(S(=O)(=O)NC2CC2)cc1. The summed E-state index contributed by atoms with van der Waals surface area (Å²) in [6, 6.07) is 6.94. The van der Waals surface area contributed by atoms with E-state index in [1.807, 2.05) is 6.92 Å². The van der Waals surface area contributed by atoms with Crippen LogP contribution in [-0.2, 0) is 10.0 Å². The second-order valence-electron chi connectivity index (χ2n) is 4.52. The highest BCUT2D eigenvalue weighted by Gasteiger charge is 2.27. The molecule has 0 aromatic heterocycles. The van der Waals surface area contributed by atoms with Crippen LogP contribution >= 0.6 is 0 Å². The number of rotatable bonds is 6. The Labute approximate surface area is 114 Å². The molecule has 0 heterocycles. The Balaban J connectivity index is 1.94. The summed E-state index contributed by atoms with van der Waals surface area (Å²) in [5, 5.41) is 3.19. The van der Waals surface area contributed by atoms with Gasteiger partial charge >= 0.3 is 0 Å². The van der Waals surface area contributed by atoms with Gasteiger partial charge in [-0.3, -0.25) is 0 Å². The zero-order valence-electron chi connectivity index (χ0n) is 10.9. The van der Waals surface area contributed by atoms with Crippen molar-refractivity contribution in [2.24, 2.45) is 0 Å². The van der Waals surface area contributed by atoms with E-state index in [0.717, 1.165) is 31.5 Å². The molecule has 1 fully saturated rings. The van der Waals surface area contributed by atoms with Crippen molar-refractivity contribution in [1.29, 1.82) is 0 Å². The average Bonchev–Trinajstić information content (AvgIpc) is 3.18. The number of sulfonamides is 1. The Kier molecular flexibility index (Phi) is 4.46. The maximum atomic E-state index is 11.9. The van der Waals surface area contributed by atoms with E-state index in [9.17, 15) is 8.42 Å². The molecule has 2 N–H and O–H groups in total. The van der Waals surface area contributed by atoms with Crippen molar-refractivity contribution in [3.63, 3.8) is 0 Å². The third-order valence-electron chi connectivity index (χ3n) is 2.82. The molecule has 0 spiro atoms. The van der Waals surface area contributed by atoms with Crippen molar-refractivity contribution >= 4 is 15.7 Å². The predicted octanol–water partition coefficient (Wildman–Crippen LogP) is 1.95. The fraction of sp³-hybridized carbons (Fsp3) is 0.429. The highest BCUT2D eigenvalue weighted by atomic mass is 32.2. The summed E-state index contributed by atoms with van der Waals surface area (Å²) in [6.07, 6.45) is 2.66. The van der Waals surface area contributed by atoms with Crippen LogP contribution in [0.25, 0.3) is 0 Å². The molecular formula is C14H18N2O2S. The maximum absolute atomic E-state index is 11.9. The molecule has 0 saturated heterocycles. The van der Waals surface area contributed by atoms with Gasteiger partial charge < -0.3 is 5.32 Å². The summed E-state index contributed by atoms with van der Waals surface area (Å²) in [6.45, 7) is 2.57. The van der Waals surface area contributed by atoms with Gasteiger partial charge in [-0.25, -0.2) is 13.1 Å². The first-order valence-corrected chi connectivity index (χ1v) is 7.86. The van der Waals surface area contributed by atoms with Gasteiger partial charge in [-0.2, -0.15) is 0 Å². The highest BCUT2D eigenvalue weighted by Crippen LogP contribution is 2.22. The summed E-state index contributed by atoms with van der Waals surface area (Å²) in [7, 11) is -3.34. The van der Waals surface area contributed by atoms with E-state index < -0.39 is 10.0 Å². The number of hydrogen-bond acceptors (Lipinski definition) is 3. The Morgan fingerprint density at radius 1 is 1.26 bits per heavy atom. The fourth-order valence-electron chi connectivity index (χ4n) is 1.63. The molecule has 1 aromatic carbocycles. The second kappa shape index (κ2) is 6.09. The fourth-order valence-corrected chi connectivity index (χ4v) is 2.94.